The molecular formula is C24H27N3O. The minimum absolute atomic E-state index is 0.123. The molecule has 0 spiro atoms. The molecule has 0 fully saturated rings. The summed E-state index contributed by atoms with van der Waals surface area (Å²) in [6, 6.07) is 17.8. The third kappa shape index (κ3) is 4.39. The SMILES string of the molecule is Cc1cccc(-n2nc(C(C)(C)C)cc2NC(=O)/C=C/c2ccccc2)c1C. The van der Waals surface area contributed by atoms with Crippen LogP contribution in [-0.4, -0.2) is 15.7 Å². The minimum atomic E-state index is -0.184. The molecule has 28 heavy (non-hydrogen) atoms. The number of nitrogens with zero attached hydrogens (tertiary/aromatic N) is 2. The van der Waals surface area contributed by atoms with Gasteiger partial charge in [-0.3, -0.25) is 4.79 Å². The molecule has 1 heterocycles. The maximum atomic E-state index is 12.5. The van der Waals surface area contributed by atoms with Crippen LogP contribution in [0.4, 0.5) is 5.82 Å². The van der Waals surface area contributed by atoms with Crippen LogP contribution in [0.25, 0.3) is 11.8 Å². The van der Waals surface area contributed by atoms with Crippen LogP contribution in [0.5, 0.6) is 0 Å². The van der Waals surface area contributed by atoms with Crippen LogP contribution in [0.2, 0.25) is 0 Å². The Kier molecular flexibility index (Phi) is 5.50. The molecule has 0 aliphatic rings. The molecule has 0 bridgehead atoms. The normalized spacial score (nSPS) is 11.8. The van der Waals surface area contributed by atoms with E-state index in [1.54, 1.807) is 12.2 Å². The number of carbonyl (C=O) groups is 1. The second-order valence-corrected chi connectivity index (χ2v) is 8.03. The van der Waals surface area contributed by atoms with Crippen molar-refractivity contribution in [2.24, 2.45) is 0 Å². The summed E-state index contributed by atoms with van der Waals surface area (Å²) in [5.41, 5.74) is 5.08. The van der Waals surface area contributed by atoms with Crippen molar-refractivity contribution in [2.75, 3.05) is 5.32 Å². The third-order valence-corrected chi connectivity index (χ3v) is 4.76. The monoisotopic (exact) mass is 373 g/mol. The summed E-state index contributed by atoms with van der Waals surface area (Å²) in [6.07, 6.45) is 3.35. The highest BCUT2D eigenvalue weighted by Crippen LogP contribution is 2.28. The largest absolute Gasteiger partial charge is 0.307 e. The summed E-state index contributed by atoms with van der Waals surface area (Å²) in [5.74, 6) is 0.483. The quantitative estimate of drug-likeness (QED) is 0.619. The van der Waals surface area contributed by atoms with Crippen molar-refractivity contribution >= 4 is 17.8 Å². The van der Waals surface area contributed by atoms with Gasteiger partial charge in [0.05, 0.1) is 11.4 Å². The first-order chi connectivity index (χ1) is 13.3. The highest BCUT2D eigenvalue weighted by molar-refractivity contribution is 6.01. The van der Waals surface area contributed by atoms with Gasteiger partial charge in [-0.25, -0.2) is 4.68 Å². The molecule has 0 radical (unpaired) electrons. The van der Waals surface area contributed by atoms with Gasteiger partial charge in [0.15, 0.2) is 0 Å². The summed E-state index contributed by atoms with van der Waals surface area (Å²) in [6.45, 7) is 10.5. The maximum absolute atomic E-state index is 12.5. The van der Waals surface area contributed by atoms with Gasteiger partial charge in [-0.2, -0.15) is 5.10 Å². The summed E-state index contributed by atoms with van der Waals surface area (Å²) in [5, 5.41) is 7.80. The Balaban J connectivity index is 1.95. The summed E-state index contributed by atoms with van der Waals surface area (Å²) >= 11 is 0. The van der Waals surface area contributed by atoms with Gasteiger partial charge in [0, 0.05) is 17.6 Å². The summed E-state index contributed by atoms with van der Waals surface area (Å²) in [7, 11) is 0. The lowest BCUT2D eigenvalue weighted by molar-refractivity contribution is -0.111. The third-order valence-electron chi connectivity index (χ3n) is 4.76. The number of aromatic nitrogens is 2. The average Bonchev–Trinajstić information content (AvgIpc) is 3.07. The summed E-state index contributed by atoms with van der Waals surface area (Å²) in [4.78, 5) is 12.5. The standard InChI is InChI=1S/C24H27N3O/c1-17-10-9-13-20(18(17)2)27-22(16-21(26-27)24(3,4)5)25-23(28)15-14-19-11-7-6-8-12-19/h6-16H,1-5H3,(H,25,28)/b15-14+. The summed E-state index contributed by atoms with van der Waals surface area (Å²) < 4.78 is 1.83. The molecule has 4 nitrogen and oxygen atoms in total. The predicted octanol–water partition coefficient (Wildman–Crippen LogP) is 5.44. The van der Waals surface area contributed by atoms with Crippen molar-refractivity contribution in [3.05, 3.63) is 83.1 Å². The van der Waals surface area contributed by atoms with E-state index in [2.05, 4.69) is 46.0 Å². The van der Waals surface area contributed by atoms with Gasteiger partial charge < -0.3 is 5.32 Å². The molecule has 3 aromatic rings. The maximum Gasteiger partial charge on any atom is 0.249 e. The first-order valence-electron chi connectivity index (χ1n) is 9.47. The number of amides is 1. The first kappa shape index (κ1) is 19.6. The van der Waals surface area contributed by atoms with Crippen LogP contribution in [0.3, 0.4) is 0 Å². The smallest absolute Gasteiger partial charge is 0.249 e. The highest BCUT2D eigenvalue weighted by atomic mass is 16.1. The molecule has 0 aliphatic heterocycles. The molecule has 3 rings (SSSR count). The van der Waals surface area contributed by atoms with Gasteiger partial charge in [-0.15, -0.1) is 0 Å². The van der Waals surface area contributed by atoms with Crippen LogP contribution in [0.1, 0.15) is 43.2 Å². The zero-order valence-electron chi connectivity index (χ0n) is 17.2. The van der Waals surface area contributed by atoms with E-state index in [0.717, 1.165) is 22.5 Å². The number of nitrogens with one attached hydrogen (secondary N) is 1. The van der Waals surface area contributed by atoms with Crippen molar-refractivity contribution in [2.45, 2.75) is 40.0 Å². The fraction of sp³-hybridized carbons (Fsp3) is 0.250. The average molecular weight is 374 g/mol. The number of benzene rings is 2. The zero-order valence-corrected chi connectivity index (χ0v) is 17.2. The van der Waals surface area contributed by atoms with Crippen molar-refractivity contribution < 1.29 is 4.79 Å². The van der Waals surface area contributed by atoms with Gasteiger partial charge in [0.2, 0.25) is 5.91 Å². The van der Waals surface area contributed by atoms with Crippen molar-refractivity contribution in [3.8, 4) is 5.69 Å². The van der Waals surface area contributed by atoms with Crippen LogP contribution in [0, 0.1) is 13.8 Å². The molecule has 0 saturated heterocycles. The van der Waals surface area contributed by atoms with E-state index in [0.29, 0.717) is 5.82 Å². The molecule has 0 unspecified atom stereocenters. The van der Waals surface area contributed by atoms with Gasteiger partial charge in [0.1, 0.15) is 5.82 Å². The molecule has 1 N–H and O–H groups in total. The number of anilines is 1. The Morgan fingerprint density at radius 1 is 1.04 bits per heavy atom. The van der Waals surface area contributed by atoms with Crippen molar-refractivity contribution in [3.63, 3.8) is 0 Å². The zero-order chi connectivity index (χ0) is 20.3. The molecule has 4 heteroatoms. The lowest BCUT2D eigenvalue weighted by Crippen LogP contribution is -2.14. The molecule has 144 valence electrons. The Hall–Kier alpha value is -3.14. The van der Waals surface area contributed by atoms with Gasteiger partial charge in [-0.1, -0.05) is 63.2 Å². The van der Waals surface area contributed by atoms with E-state index in [1.807, 2.05) is 53.2 Å². The van der Waals surface area contributed by atoms with E-state index in [-0.39, 0.29) is 11.3 Å². The lowest BCUT2D eigenvalue weighted by Gasteiger charge is -2.14. The molecule has 0 aliphatic carbocycles. The van der Waals surface area contributed by atoms with Crippen molar-refractivity contribution in [1.82, 2.24) is 9.78 Å². The number of rotatable bonds is 4. The first-order valence-corrected chi connectivity index (χ1v) is 9.47. The molecule has 1 amide bonds. The number of carbonyl (C=O) groups excluding carboxylic acids is 1. The van der Waals surface area contributed by atoms with Crippen LogP contribution in [-0.2, 0) is 10.2 Å². The predicted molar refractivity (Wildman–Crippen MR) is 116 cm³/mol. The number of aryl methyl sites for hydroxylation is 1. The Labute approximate surface area is 166 Å². The second-order valence-electron chi connectivity index (χ2n) is 8.03. The topological polar surface area (TPSA) is 46.9 Å². The van der Waals surface area contributed by atoms with E-state index < -0.39 is 0 Å². The fourth-order valence-corrected chi connectivity index (χ4v) is 2.89. The van der Waals surface area contributed by atoms with E-state index in [9.17, 15) is 4.79 Å². The highest BCUT2D eigenvalue weighted by Gasteiger charge is 2.22. The van der Waals surface area contributed by atoms with Gasteiger partial charge in [0.25, 0.3) is 0 Å². The molecule has 2 aromatic carbocycles. The minimum Gasteiger partial charge on any atom is -0.307 e. The van der Waals surface area contributed by atoms with Gasteiger partial charge >= 0.3 is 0 Å². The number of hydrogen-bond donors (Lipinski definition) is 1. The van der Waals surface area contributed by atoms with Crippen LogP contribution in [0.15, 0.2) is 60.7 Å². The number of hydrogen-bond acceptors (Lipinski definition) is 2. The van der Waals surface area contributed by atoms with E-state index in [4.69, 9.17) is 5.10 Å². The molecular weight excluding hydrogens is 346 g/mol. The Bertz CT molecular complexity index is 1010. The van der Waals surface area contributed by atoms with Crippen LogP contribution >= 0.6 is 0 Å². The van der Waals surface area contributed by atoms with Crippen LogP contribution < -0.4 is 5.32 Å². The molecule has 0 atom stereocenters. The van der Waals surface area contributed by atoms with Gasteiger partial charge in [-0.05, 0) is 42.7 Å². The lowest BCUT2D eigenvalue weighted by atomic mass is 9.92. The molecule has 1 aromatic heterocycles. The Morgan fingerprint density at radius 2 is 1.75 bits per heavy atom. The fourth-order valence-electron chi connectivity index (χ4n) is 2.89. The van der Waals surface area contributed by atoms with E-state index >= 15 is 0 Å². The van der Waals surface area contributed by atoms with Crippen molar-refractivity contribution in [1.29, 1.82) is 0 Å². The second kappa shape index (κ2) is 7.85. The van der Waals surface area contributed by atoms with E-state index in [1.165, 1.54) is 5.56 Å². The Morgan fingerprint density at radius 3 is 2.43 bits per heavy atom. The molecule has 0 saturated carbocycles.